The molecule has 0 aliphatic rings. The summed E-state index contributed by atoms with van der Waals surface area (Å²) >= 11 is 4.85. The van der Waals surface area contributed by atoms with Crippen LogP contribution in [0.15, 0.2) is 27.6 Å². The zero-order chi connectivity index (χ0) is 14.3. The summed E-state index contributed by atoms with van der Waals surface area (Å²) in [5.74, 6) is 0.624. The van der Waals surface area contributed by atoms with Gasteiger partial charge in [-0.05, 0) is 59.0 Å². The van der Waals surface area contributed by atoms with E-state index in [-0.39, 0.29) is 9.37 Å². The zero-order valence-electron chi connectivity index (χ0n) is 10.7. The molecule has 1 rings (SSSR count). The SMILES string of the molecule is CSCCCCCNS(=O)(=O)c1ccc(F)cc1Br. The van der Waals surface area contributed by atoms with Crippen LogP contribution in [0.3, 0.4) is 0 Å². The van der Waals surface area contributed by atoms with Gasteiger partial charge in [0.15, 0.2) is 0 Å². The molecule has 0 amide bonds. The van der Waals surface area contributed by atoms with Crippen molar-refractivity contribution in [1.29, 1.82) is 0 Å². The van der Waals surface area contributed by atoms with E-state index in [0.717, 1.165) is 37.1 Å². The molecule has 108 valence electrons. The summed E-state index contributed by atoms with van der Waals surface area (Å²) in [5.41, 5.74) is 0. The Morgan fingerprint density at radius 2 is 2.05 bits per heavy atom. The van der Waals surface area contributed by atoms with Crippen molar-refractivity contribution in [3.8, 4) is 0 Å². The molecule has 0 radical (unpaired) electrons. The van der Waals surface area contributed by atoms with E-state index in [1.807, 2.05) is 0 Å². The second-order valence-corrected chi connectivity index (χ2v) is 7.60. The van der Waals surface area contributed by atoms with Gasteiger partial charge in [0, 0.05) is 11.0 Å². The van der Waals surface area contributed by atoms with Gasteiger partial charge in [-0.1, -0.05) is 6.42 Å². The summed E-state index contributed by atoms with van der Waals surface area (Å²) in [6, 6.07) is 3.54. The first-order chi connectivity index (χ1) is 8.97. The number of halogens is 2. The Labute approximate surface area is 126 Å². The molecular formula is C12H17BrFNO2S2. The highest BCUT2D eigenvalue weighted by Gasteiger charge is 2.17. The van der Waals surface area contributed by atoms with Crippen LogP contribution < -0.4 is 4.72 Å². The maximum absolute atomic E-state index is 12.9. The highest BCUT2D eigenvalue weighted by molar-refractivity contribution is 9.10. The Morgan fingerprint density at radius 1 is 1.32 bits per heavy atom. The Morgan fingerprint density at radius 3 is 2.68 bits per heavy atom. The molecule has 0 aliphatic carbocycles. The second-order valence-electron chi connectivity index (χ2n) is 4.03. The van der Waals surface area contributed by atoms with Crippen LogP contribution in [0.2, 0.25) is 0 Å². The van der Waals surface area contributed by atoms with Crippen LogP contribution in [0, 0.1) is 5.82 Å². The van der Waals surface area contributed by atoms with Crippen LogP contribution in [0.1, 0.15) is 19.3 Å². The van der Waals surface area contributed by atoms with Crippen molar-refractivity contribution in [3.05, 3.63) is 28.5 Å². The topological polar surface area (TPSA) is 46.2 Å². The fourth-order valence-electron chi connectivity index (χ4n) is 1.53. The summed E-state index contributed by atoms with van der Waals surface area (Å²) in [7, 11) is -3.57. The van der Waals surface area contributed by atoms with Gasteiger partial charge < -0.3 is 0 Å². The number of rotatable bonds is 8. The lowest BCUT2D eigenvalue weighted by molar-refractivity contribution is 0.574. The summed E-state index contributed by atoms with van der Waals surface area (Å²) < 4.78 is 39.6. The number of hydrogen-bond acceptors (Lipinski definition) is 3. The van der Waals surface area contributed by atoms with E-state index >= 15 is 0 Å². The highest BCUT2D eigenvalue weighted by atomic mass is 79.9. The van der Waals surface area contributed by atoms with Gasteiger partial charge in [-0.25, -0.2) is 17.5 Å². The zero-order valence-corrected chi connectivity index (χ0v) is 13.9. The smallest absolute Gasteiger partial charge is 0.211 e. The Kier molecular flexibility index (Phi) is 7.35. The molecule has 0 aliphatic heterocycles. The largest absolute Gasteiger partial charge is 0.241 e. The standard InChI is InChI=1S/C12H17BrFNO2S2/c1-18-8-4-2-3-7-15-19(16,17)12-6-5-10(14)9-11(12)13/h5-6,9,15H,2-4,7-8H2,1H3. The van der Waals surface area contributed by atoms with Crippen molar-refractivity contribution >= 4 is 37.7 Å². The Bertz CT molecular complexity index is 508. The van der Waals surface area contributed by atoms with E-state index in [1.165, 1.54) is 6.07 Å². The lowest BCUT2D eigenvalue weighted by Gasteiger charge is -2.08. The van der Waals surface area contributed by atoms with Crippen molar-refractivity contribution in [2.45, 2.75) is 24.2 Å². The van der Waals surface area contributed by atoms with Crippen LogP contribution in [0.5, 0.6) is 0 Å². The first-order valence-electron chi connectivity index (χ1n) is 5.91. The average molecular weight is 370 g/mol. The van der Waals surface area contributed by atoms with Gasteiger partial charge in [-0.3, -0.25) is 0 Å². The average Bonchev–Trinajstić information content (AvgIpc) is 2.33. The fraction of sp³-hybridized carbons (Fsp3) is 0.500. The number of sulfonamides is 1. The third-order valence-electron chi connectivity index (χ3n) is 2.50. The minimum atomic E-state index is -3.57. The van der Waals surface area contributed by atoms with Crippen molar-refractivity contribution < 1.29 is 12.8 Å². The molecule has 0 atom stereocenters. The van der Waals surface area contributed by atoms with Crippen molar-refractivity contribution in [2.75, 3.05) is 18.6 Å². The summed E-state index contributed by atoms with van der Waals surface area (Å²) in [4.78, 5) is 0.0676. The number of hydrogen-bond donors (Lipinski definition) is 1. The van der Waals surface area contributed by atoms with Gasteiger partial charge in [-0.15, -0.1) is 0 Å². The van der Waals surface area contributed by atoms with Gasteiger partial charge in [0.2, 0.25) is 10.0 Å². The molecule has 0 heterocycles. The molecule has 0 aromatic heterocycles. The fourth-order valence-corrected chi connectivity index (χ4v) is 4.14. The van der Waals surface area contributed by atoms with Crippen LogP contribution in [0.4, 0.5) is 4.39 Å². The number of nitrogens with one attached hydrogen (secondary N) is 1. The van der Waals surface area contributed by atoms with E-state index in [4.69, 9.17) is 0 Å². The van der Waals surface area contributed by atoms with Crippen molar-refractivity contribution in [1.82, 2.24) is 4.72 Å². The third-order valence-corrected chi connectivity index (χ3v) is 5.64. The molecule has 0 saturated heterocycles. The number of thioether (sulfide) groups is 1. The molecule has 1 N–H and O–H groups in total. The lowest BCUT2D eigenvalue weighted by atomic mass is 10.2. The summed E-state index contributed by atoms with van der Waals surface area (Å²) in [6.45, 7) is 0.403. The van der Waals surface area contributed by atoms with Crippen molar-refractivity contribution in [3.63, 3.8) is 0 Å². The Hall–Kier alpha value is -0.110. The van der Waals surface area contributed by atoms with Gasteiger partial charge in [0.05, 0.1) is 4.90 Å². The molecule has 0 fully saturated rings. The monoisotopic (exact) mass is 369 g/mol. The predicted molar refractivity (Wildman–Crippen MR) is 81.5 cm³/mol. The minimum Gasteiger partial charge on any atom is -0.211 e. The van der Waals surface area contributed by atoms with Crippen LogP contribution in [-0.4, -0.2) is 27.0 Å². The molecule has 0 spiro atoms. The molecular weight excluding hydrogens is 353 g/mol. The Balaban J connectivity index is 2.52. The van der Waals surface area contributed by atoms with E-state index in [0.29, 0.717) is 6.54 Å². The molecule has 0 saturated carbocycles. The quantitative estimate of drug-likeness (QED) is 0.714. The van der Waals surface area contributed by atoms with Gasteiger partial charge in [-0.2, -0.15) is 11.8 Å². The number of benzene rings is 1. The van der Waals surface area contributed by atoms with E-state index in [1.54, 1.807) is 11.8 Å². The molecule has 0 unspecified atom stereocenters. The molecule has 1 aromatic carbocycles. The summed E-state index contributed by atoms with van der Waals surface area (Å²) in [6.07, 6.45) is 4.93. The predicted octanol–water partition coefficient (Wildman–Crippen LogP) is 3.40. The molecule has 19 heavy (non-hydrogen) atoms. The normalized spacial score (nSPS) is 11.7. The minimum absolute atomic E-state index is 0.0676. The molecule has 1 aromatic rings. The molecule has 3 nitrogen and oxygen atoms in total. The van der Waals surface area contributed by atoms with E-state index in [2.05, 4.69) is 26.9 Å². The van der Waals surface area contributed by atoms with E-state index in [9.17, 15) is 12.8 Å². The van der Waals surface area contributed by atoms with Gasteiger partial charge >= 0.3 is 0 Å². The maximum atomic E-state index is 12.9. The first kappa shape index (κ1) is 16.9. The number of unbranched alkanes of at least 4 members (excludes halogenated alkanes) is 2. The molecule has 0 bridgehead atoms. The van der Waals surface area contributed by atoms with Crippen LogP contribution in [-0.2, 0) is 10.0 Å². The van der Waals surface area contributed by atoms with Crippen molar-refractivity contribution in [2.24, 2.45) is 0 Å². The van der Waals surface area contributed by atoms with Gasteiger partial charge in [0.25, 0.3) is 0 Å². The highest BCUT2D eigenvalue weighted by Crippen LogP contribution is 2.22. The lowest BCUT2D eigenvalue weighted by Crippen LogP contribution is -2.25. The van der Waals surface area contributed by atoms with Gasteiger partial charge in [0.1, 0.15) is 5.82 Å². The van der Waals surface area contributed by atoms with E-state index < -0.39 is 15.8 Å². The molecule has 7 heteroatoms. The summed E-state index contributed by atoms with van der Waals surface area (Å²) in [5, 5.41) is 0. The van der Waals surface area contributed by atoms with Crippen LogP contribution in [0.25, 0.3) is 0 Å². The maximum Gasteiger partial charge on any atom is 0.241 e. The first-order valence-corrected chi connectivity index (χ1v) is 9.58. The second kappa shape index (κ2) is 8.24. The third kappa shape index (κ3) is 5.81. The van der Waals surface area contributed by atoms with Crippen LogP contribution >= 0.6 is 27.7 Å².